The van der Waals surface area contributed by atoms with Crippen LogP contribution < -0.4 is 5.32 Å². The highest BCUT2D eigenvalue weighted by molar-refractivity contribution is 5.76. The van der Waals surface area contributed by atoms with Crippen LogP contribution in [-0.4, -0.2) is 27.1 Å². The lowest BCUT2D eigenvalue weighted by Gasteiger charge is -2.08. The van der Waals surface area contributed by atoms with E-state index in [0.29, 0.717) is 5.82 Å². The first-order valence-corrected chi connectivity index (χ1v) is 3.45. The molecule has 0 aliphatic carbocycles. The molecule has 64 valence electrons. The topological polar surface area (TPSA) is 75.1 Å². The molecule has 0 saturated carbocycles. The number of aliphatic carboxylic acids is 1. The average molecular weight is 167 g/mol. The van der Waals surface area contributed by atoms with E-state index in [9.17, 15) is 4.79 Å². The summed E-state index contributed by atoms with van der Waals surface area (Å²) in [6.07, 6.45) is 2.90. The Morgan fingerprint density at radius 2 is 2.50 bits per heavy atom. The number of nitrogens with zero attached hydrogens (tertiary/aromatic N) is 2. The number of hydrogen-bond donors (Lipinski definition) is 2. The monoisotopic (exact) mass is 167 g/mol. The Labute approximate surface area is 69.5 Å². The van der Waals surface area contributed by atoms with E-state index in [0.717, 1.165) is 0 Å². The Morgan fingerprint density at radius 3 is 3.00 bits per heavy atom. The lowest BCUT2D eigenvalue weighted by atomic mass is 10.3. The molecule has 1 heterocycles. The van der Waals surface area contributed by atoms with Crippen LogP contribution in [0.5, 0.6) is 0 Å². The van der Waals surface area contributed by atoms with Gasteiger partial charge in [-0.1, -0.05) is 0 Å². The molecule has 0 amide bonds. The number of carboxylic acid groups (broad SMARTS) is 1. The van der Waals surface area contributed by atoms with Crippen molar-refractivity contribution in [2.45, 2.75) is 13.0 Å². The summed E-state index contributed by atoms with van der Waals surface area (Å²) in [7, 11) is 0. The van der Waals surface area contributed by atoms with Crippen LogP contribution in [0, 0.1) is 0 Å². The molecule has 5 heteroatoms. The van der Waals surface area contributed by atoms with E-state index in [1.807, 2.05) is 0 Å². The first kappa shape index (κ1) is 8.45. The van der Waals surface area contributed by atoms with Gasteiger partial charge in [-0.2, -0.15) is 0 Å². The van der Waals surface area contributed by atoms with Crippen LogP contribution in [0.2, 0.25) is 0 Å². The summed E-state index contributed by atoms with van der Waals surface area (Å²) in [5, 5.41) is 11.2. The van der Waals surface area contributed by atoms with Crippen molar-refractivity contribution in [2.75, 3.05) is 5.32 Å². The fraction of sp³-hybridized carbons (Fsp3) is 0.286. The number of hydrogen-bond acceptors (Lipinski definition) is 4. The Bertz CT molecular complexity index is 263. The normalized spacial score (nSPS) is 12.1. The maximum atomic E-state index is 10.4. The molecule has 0 aliphatic heterocycles. The van der Waals surface area contributed by atoms with Crippen LogP contribution in [0.1, 0.15) is 6.92 Å². The Balaban J connectivity index is 2.58. The molecule has 0 unspecified atom stereocenters. The van der Waals surface area contributed by atoms with Gasteiger partial charge in [0.15, 0.2) is 0 Å². The van der Waals surface area contributed by atoms with Gasteiger partial charge in [0.2, 0.25) is 0 Å². The predicted molar refractivity (Wildman–Crippen MR) is 42.8 cm³/mol. The van der Waals surface area contributed by atoms with Crippen molar-refractivity contribution in [3.8, 4) is 0 Å². The van der Waals surface area contributed by atoms with E-state index in [4.69, 9.17) is 5.11 Å². The average Bonchev–Trinajstić information content (AvgIpc) is 2.06. The van der Waals surface area contributed by atoms with Gasteiger partial charge in [0.05, 0.1) is 0 Å². The predicted octanol–water partition coefficient (Wildman–Crippen LogP) is 0.362. The van der Waals surface area contributed by atoms with Crippen molar-refractivity contribution in [1.82, 2.24) is 9.97 Å². The minimum Gasteiger partial charge on any atom is -0.480 e. The van der Waals surface area contributed by atoms with Crippen LogP contribution >= 0.6 is 0 Å². The van der Waals surface area contributed by atoms with Crippen molar-refractivity contribution < 1.29 is 9.90 Å². The van der Waals surface area contributed by atoms with Gasteiger partial charge in [-0.15, -0.1) is 0 Å². The van der Waals surface area contributed by atoms with Crippen LogP contribution in [0.3, 0.4) is 0 Å². The highest BCUT2D eigenvalue weighted by Crippen LogP contribution is 2.00. The van der Waals surface area contributed by atoms with Gasteiger partial charge < -0.3 is 10.4 Å². The van der Waals surface area contributed by atoms with Crippen LogP contribution in [-0.2, 0) is 4.79 Å². The summed E-state index contributed by atoms with van der Waals surface area (Å²) in [6.45, 7) is 1.55. The number of aromatic nitrogens is 2. The maximum Gasteiger partial charge on any atom is 0.325 e. The largest absolute Gasteiger partial charge is 0.480 e. The summed E-state index contributed by atoms with van der Waals surface area (Å²) < 4.78 is 0. The minimum absolute atomic E-state index is 0.514. The van der Waals surface area contributed by atoms with Gasteiger partial charge >= 0.3 is 5.97 Å². The number of anilines is 1. The second-order valence-corrected chi connectivity index (χ2v) is 2.30. The quantitative estimate of drug-likeness (QED) is 0.679. The fourth-order valence-corrected chi connectivity index (χ4v) is 0.660. The molecule has 0 bridgehead atoms. The van der Waals surface area contributed by atoms with Gasteiger partial charge in [0.25, 0.3) is 0 Å². The smallest absolute Gasteiger partial charge is 0.325 e. The van der Waals surface area contributed by atoms with E-state index in [-0.39, 0.29) is 0 Å². The van der Waals surface area contributed by atoms with Crippen molar-refractivity contribution in [3.05, 3.63) is 18.6 Å². The second kappa shape index (κ2) is 3.66. The highest BCUT2D eigenvalue weighted by Gasteiger charge is 2.09. The lowest BCUT2D eigenvalue weighted by molar-refractivity contribution is -0.137. The molecule has 0 aromatic carbocycles. The fourth-order valence-electron chi connectivity index (χ4n) is 0.660. The number of carboxylic acids is 1. The summed E-state index contributed by atoms with van der Waals surface area (Å²) in [6, 6.07) is 0.972. The van der Waals surface area contributed by atoms with E-state index in [1.54, 1.807) is 19.2 Å². The Morgan fingerprint density at radius 1 is 1.75 bits per heavy atom. The van der Waals surface area contributed by atoms with Gasteiger partial charge in [-0.3, -0.25) is 4.79 Å². The lowest BCUT2D eigenvalue weighted by Crippen LogP contribution is -2.25. The van der Waals surface area contributed by atoms with Gasteiger partial charge in [0, 0.05) is 6.20 Å². The minimum atomic E-state index is -0.909. The molecule has 1 atom stereocenters. The SMILES string of the molecule is C[C@H](Nc1ccncn1)C(=O)O. The molecule has 1 aromatic rings. The van der Waals surface area contributed by atoms with Crippen LogP contribution in [0.25, 0.3) is 0 Å². The van der Waals surface area contributed by atoms with Gasteiger partial charge in [-0.05, 0) is 13.0 Å². The van der Waals surface area contributed by atoms with Gasteiger partial charge in [-0.25, -0.2) is 9.97 Å². The molecule has 12 heavy (non-hydrogen) atoms. The number of rotatable bonds is 3. The third-order valence-corrected chi connectivity index (χ3v) is 1.32. The zero-order chi connectivity index (χ0) is 8.97. The summed E-state index contributed by atoms with van der Waals surface area (Å²) in [5.41, 5.74) is 0. The highest BCUT2D eigenvalue weighted by atomic mass is 16.4. The molecule has 0 saturated heterocycles. The first-order valence-electron chi connectivity index (χ1n) is 3.45. The van der Waals surface area contributed by atoms with E-state index in [2.05, 4.69) is 15.3 Å². The molecular weight excluding hydrogens is 158 g/mol. The van der Waals surface area contributed by atoms with E-state index in [1.165, 1.54) is 6.33 Å². The molecule has 1 rings (SSSR count). The van der Waals surface area contributed by atoms with Crippen molar-refractivity contribution in [2.24, 2.45) is 0 Å². The van der Waals surface area contributed by atoms with E-state index < -0.39 is 12.0 Å². The molecule has 2 N–H and O–H groups in total. The molecular formula is C7H9N3O2. The van der Waals surface area contributed by atoms with E-state index >= 15 is 0 Å². The zero-order valence-corrected chi connectivity index (χ0v) is 6.56. The number of carbonyl (C=O) groups is 1. The third kappa shape index (κ3) is 2.19. The van der Waals surface area contributed by atoms with Crippen LogP contribution in [0.15, 0.2) is 18.6 Å². The second-order valence-electron chi connectivity index (χ2n) is 2.30. The molecule has 5 nitrogen and oxygen atoms in total. The Hall–Kier alpha value is -1.65. The molecule has 0 aliphatic rings. The molecule has 0 spiro atoms. The summed E-state index contributed by atoms with van der Waals surface area (Å²) >= 11 is 0. The van der Waals surface area contributed by atoms with Crippen molar-refractivity contribution >= 4 is 11.8 Å². The molecule has 1 aromatic heterocycles. The van der Waals surface area contributed by atoms with Gasteiger partial charge in [0.1, 0.15) is 18.2 Å². The van der Waals surface area contributed by atoms with Crippen LogP contribution in [0.4, 0.5) is 5.82 Å². The maximum absolute atomic E-state index is 10.4. The molecule has 0 radical (unpaired) electrons. The molecule has 0 fully saturated rings. The summed E-state index contributed by atoms with van der Waals surface area (Å²) in [5.74, 6) is -0.395. The van der Waals surface area contributed by atoms with Crippen molar-refractivity contribution in [3.63, 3.8) is 0 Å². The standard InChI is InChI=1S/C7H9N3O2/c1-5(7(11)12)10-6-2-3-8-4-9-6/h2-5H,1H3,(H,11,12)(H,8,9,10)/t5-/m0/s1. The summed E-state index contributed by atoms with van der Waals surface area (Å²) in [4.78, 5) is 17.9. The third-order valence-electron chi connectivity index (χ3n) is 1.32. The number of nitrogens with one attached hydrogen (secondary N) is 1. The zero-order valence-electron chi connectivity index (χ0n) is 6.56. The van der Waals surface area contributed by atoms with Crippen molar-refractivity contribution in [1.29, 1.82) is 0 Å². The Kier molecular flexibility index (Phi) is 2.57. The first-order chi connectivity index (χ1) is 5.70.